The summed E-state index contributed by atoms with van der Waals surface area (Å²) in [5.41, 5.74) is 0. The lowest BCUT2D eigenvalue weighted by atomic mass is 10.2. The van der Waals surface area contributed by atoms with Crippen molar-refractivity contribution < 1.29 is 5.11 Å². The number of aliphatic hydroxyl groups is 1. The minimum Gasteiger partial charge on any atom is -0.385 e. The second kappa shape index (κ2) is 4.39. The first kappa shape index (κ1) is 10.2. The molecule has 0 fully saturated rings. The average Bonchev–Trinajstić information content (AvgIpc) is 2.47. The van der Waals surface area contributed by atoms with E-state index in [9.17, 15) is 5.11 Å². The van der Waals surface area contributed by atoms with Crippen LogP contribution in [-0.4, -0.2) is 40.2 Å². The second-order valence-electron chi connectivity index (χ2n) is 3.50. The zero-order valence-corrected chi connectivity index (χ0v) is 8.44. The molecule has 1 N–H and O–H groups in total. The standard InChI is InChI=1S/C9H17N3O/c1-11(2)6-4-8(13)9-10-5-7-12(9)3/h5,7-8,13H,4,6H2,1-3H3. The summed E-state index contributed by atoms with van der Waals surface area (Å²) in [7, 11) is 5.87. The molecule has 0 bridgehead atoms. The van der Waals surface area contributed by atoms with E-state index in [1.807, 2.05) is 36.8 Å². The lowest BCUT2D eigenvalue weighted by Gasteiger charge is -2.13. The molecule has 1 unspecified atom stereocenters. The zero-order valence-electron chi connectivity index (χ0n) is 8.44. The molecule has 0 spiro atoms. The molecule has 1 aromatic rings. The topological polar surface area (TPSA) is 41.3 Å². The first-order chi connectivity index (χ1) is 6.11. The summed E-state index contributed by atoms with van der Waals surface area (Å²) in [6.07, 6.45) is 3.81. The molecule has 0 radical (unpaired) electrons. The quantitative estimate of drug-likeness (QED) is 0.735. The molecule has 74 valence electrons. The monoisotopic (exact) mass is 183 g/mol. The van der Waals surface area contributed by atoms with Crippen molar-refractivity contribution in [2.45, 2.75) is 12.5 Å². The Morgan fingerprint density at radius 3 is 2.77 bits per heavy atom. The van der Waals surface area contributed by atoms with Crippen LogP contribution in [0.2, 0.25) is 0 Å². The molecular weight excluding hydrogens is 166 g/mol. The Hall–Kier alpha value is -0.870. The van der Waals surface area contributed by atoms with Gasteiger partial charge in [0.05, 0.1) is 0 Å². The molecule has 0 amide bonds. The van der Waals surface area contributed by atoms with E-state index in [1.54, 1.807) is 6.20 Å². The third-order valence-corrected chi connectivity index (χ3v) is 2.01. The van der Waals surface area contributed by atoms with Gasteiger partial charge in [0, 0.05) is 26.0 Å². The number of aliphatic hydroxyl groups excluding tert-OH is 1. The zero-order chi connectivity index (χ0) is 9.84. The molecule has 4 nitrogen and oxygen atoms in total. The van der Waals surface area contributed by atoms with Gasteiger partial charge in [-0.25, -0.2) is 4.98 Å². The molecule has 1 rings (SSSR count). The number of aryl methyl sites for hydroxylation is 1. The molecular formula is C9H17N3O. The van der Waals surface area contributed by atoms with E-state index in [4.69, 9.17) is 0 Å². The largest absolute Gasteiger partial charge is 0.385 e. The minimum absolute atomic E-state index is 0.456. The molecule has 0 aliphatic heterocycles. The van der Waals surface area contributed by atoms with E-state index in [2.05, 4.69) is 4.98 Å². The Morgan fingerprint density at radius 2 is 2.31 bits per heavy atom. The van der Waals surface area contributed by atoms with Crippen molar-refractivity contribution in [3.63, 3.8) is 0 Å². The predicted octanol–water partition coefficient (Wildman–Crippen LogP) is 0.405. The molecule has 1 aromatic heterocycles. The maximum absolute atomic E-state index is 9.73. The van der Waals surface area contributed by atoms with Crippen molar-refractivity contribution in [3.05, 3.63) is 18.2 Å². The Kier molecular flexibility index (Phi) is 3.45. The molecule has 13 heavy (non-hydrogen) atoms. The number of rotatable bonds is 4. The number of imidazole rings is 1. The highest BCUT2D eigenvalue weighted by Crippen LogP contribution is 2.13. The van der Waals surface area contributed by atoms with E-state index in [1.165, 1.54) is 0 Å². The number of hydrogen-bond donors (Lipinski definition) is 1. The minimum atomic E-state index is -0.456. The normalized spacial score (nSPS) is 13.6. The fourth-order valence-corrected chi connectivity index (χ4v) is 1.21. The van der Waals surface area contributed by atoms with E-state index < -0.39 is 6.10 Å². The van der Waals surface area contributed by atoms with Gasteiger partial charge in [0.2, 0.25) is 0 Å². The van der Waals surface area contributed by atoms with Crippen LogP contribution in [0, 0.1) is 0 Å². The fraction of sp³-hybridized carbons (Fsp3) is 0.667. The van der Waals surface area contributed by atoms with E-state index in [0.717, 1.165) is 18.8 Å². The highest BCUT2D eigenvalue weighted by atomic mass is 16.3. The predicted molar refractivity (Wildman–Crippen MR) is 51.3 cm³/mol. The van der Waals surface area contributed by atoms with Crippen molar-refractivity contribution in [1.82, 2.24) is 14.5 Å². The molecule has 0 aromatic carbocycles. The van der Waals surface area contributed by atoms with E-state index in [0.29, 0.717) is 0 Å². The fourth-order valence-electron chi connectivity index (χ4n) is 1.21. The Balaban J connectivity index is 2.49. The number of hydrogen-bond acceptors (Lipinski definition) is 3. The summed E-state index contributed by atoms with van der Waals surface area (Å²) < 4.78 is 1.85. The third kappa shape index (κ3) is 2.82. The highest BCUT2D eigenvalue weighted by molar-refractivity contribution is 4.95. The van der Waals surface area contributed by atoms with E-state index in [-0.39, 0.29) is 0 Å². The molecule has 1 heterocycles. The van der Waals surface area contributed by atoms with Crippen LogP contribution in [0.3, 0.4) is 0 Å². The summed E-state index contributed by atoms with van der Waals surface area (Å²) in [4.78, 5) is 6.14. The Morgan fingerprint density at radius 1 is 1.62 bits per heavy atom. The van der Waals surface area contributed by atoms with Crippen LogP contribution in [0.1, 0.15) is 18.3 Å². The van der Waals surface area contributed by atoms with Crippen molar-refractivity contribution in [3.8, 4) is 0 Å². The van der Waals surface area contributed by atoms with Crippen LogP contribution in [-0.2, 0) is 7.05 Å². The van der Waals surface area contributed by atoms with Crippen molar-refractivity contribution in [2.24, 2.45) is 7.05 Å². The number of nitrogens with zero attached hydrogens (tertiary/aromatic N) is 3. The van der Waals surface area contributed by atoms with Gasteiger partial charge >= 0.3 is 0 Å². The Labute approximate surface area is 78.8 Å². The van der Waals surface area contributed by atoms with Crippen molar-refractivity contribution in [2.75, 3.05) is 20.6 Å². The van der Waals surface area contributed by atoms with Gasteiger partial charge in [-0.15, -0.1) is 0 Å². The lowest BCUT2D eigenvalue weighted by Crippen LogP contribution is -2.17. The van der Waals surface area contributed by atoms with Gasteiger partial charge < -0.3 is 14.6 Å². The third-order valence-electron chi connectivity index (χ3n) is 2.01. The van der Waals surface area contributed by atoms with Crippen molar-refractivity contribution >= 4 is 0 Å². The van der Waals surface area contributed by atoms with Gasteiger partial charge in [0.25, 0.3) is 0 Å². The van der Waals surface area contributed by atoms with Gasteiger partial charge in [-0.3, -0.25) is 0 Å². The summed E-state index contributed by atoms with van der Waals surface area (Å²) in [6, 6.07) is 0. The van der Waals surface area contributed by atoms with Crippen LogP contribution in [0.5, 0.6) is 0 Å². The van der Waals surface area contributed by atoms with Crippen LogP contribution >= 0.6 is 0 Å². The summed E-state index contributed by atoms with van der Waals surface area (Å²) in [5, 5.41) is 9.73. The van der Waals surface area contributed by atoms with Crippen LogP contribution in [0.4, 0.5) is 0 Å². The maximum atomic E-state index is 9.73. The first-order valence-electron chi connectivity index (χ1n) is 4.41. The van der Waals surface area contributed by atoms with Crippen molar-refractivity contribution in [1.29, 1.82) is 0 Å². The number of aromatic nitrogens is 2. The average molecular weight is 183 g/mol. The molecule has 0 saturated heterocycles. The van der Waals surface area contributed by atoms with E-state index >= 15 is 0 Å². The van der Waals surface area contributed by atoms with Gasteiger partial charge in [-0.05, 0) is 20.5 Å². The van der Waals surface area contributed by atoms with Crippen LogP contribution in [0.25, 0.3) is 0 Å². The summed E-state index contributed by atoms with van der Waals surface area (Å²) >= 11 is 0. The maximum Gasteiger partial charge on any atom is 0.137 e. The van der Waals surface area contributed by atoms with Gasteiger partial charge in [0.15, 0.2) is 0 Å². The SMILES string of the molecule is CN(C)CCC(O)c1nccn1C. The molecule has 0 saturated carbocycles. The van der Waals surface area contributed by atoms with Gasteiger partial charge in [0.1, 0.15) is 11.9 Å². The summed E-state index contributed by atoms with van der Waals surface area (Å²) in [6.45, 7) is 0.869. The Bertz CT molecular complexity index is 257. The summed E-state index contributed by atoms with van der Waals surface area (Å²) in [5.74, 6) is 0.738. The molecule has 0 aliphatic rings. The molecule has 1 atom stereocenters. The smallest absolute Gasteiger partial charge is 0.137 e. The van der Waals surface area contributed by atoms with Crippen LogP contribution < -0.4 is 0 Å². The lowest BCUT2D eigenvalue weighted by molar-refractivity contribution is 0.142. The second-order valence-corrected chi connectivity index (χ2v) is 3.50. The van der Waals surface area contributed by atoms with Gasteiger partial charge in [-0.2, -0.15) is 0 Å². The highest BCUT2D eigenvalue weighted by Gasteiger charge is 2.11. The first-order valence-corrected chi connectivity index (χ1v) is 4.41. The molecule has 0 aliphatic carbocycles. The molecule has 4 heteroatoms. The van der Waals surface area contributed by atoms with Gasteiger partial charge in [-0.1, -0.05) is 0 Å². The van der Waals surface area contributed by atoms with Crippen LogP contribution in [0.15, 0.2) is 12.4 Å².